The van der Waals surface area contributed by atoms with Gasteiger partial charge in [-0.1, -0.05) is 53.2 Å². The minimum Gasteiger partial charge on any atom is -0.347 e. The Morgan fingerprint density at radius 3 is 2.46 bits per heavy atom. The molecule has 3 aromatic rings. The predicted molar refractivity (Wildman–Crippen MR) is 104 cm³/mol. The van der Waals surface area contributed by atoms with E-state index in [4.69, 9.17) is 4.52 Å². The van der Waals surface area contributed by atoms with Crippen LogP contribution in [0.4, 0.5) is 0 Å². The lowest BCUT2D eigenvalue weighted by Crippen LogP contribution is -2.26. The Morgan fingerprint density at radius 1 is 1.04 bits per heavy atom. The largest absolute Gasteiger partial charge is 0.347 e. The summed E-state index contributed by atoms with van der Waals surface area (Å²) in [5, 5.41) is 6.41. The van der Waals surface area contributed by atoms with Gasteiger partial charge < -0.3 is 9.84 Å². The maximum atomic E-state index is 12.4. The Hall–Kier alpha value is -3.00. The molecular weight excluding hydrogens is 378 g/mol. The summed E-state index contributed by atoms with van der Waals surface area (Å²) < 4.78 is 29.7. The highest BCUT2D eigenvalue weighted by Crippen LogP contribution is 2.13. The molecular formula is C20H21N3O4S. The minimum absolute atomic E-state index is 0.0665. The van der Waals surface area contributed by atoms with E-state index in [-0.39, 0.29) is 28.8 Å². The average Bonchev–Trinajstić information content (AvgIpc) is 3.17. The zero-order valence-electron chi connectivity index (χ0n) is 15.5. The summed E-state index contributed by atoms with van der Waals surface area (Å²) in [4.78, 5) is 16.3. The van der Waals surface area contributed by atoms with Gasteiger partial charge in [0.1, 0.15) is 0 Å². The molecule has 146 valence electrons. The first-order valence-electron chi connectivity index (χ1n) is 8.88. The molecule has 1 amide bonds. The fraction of sp³-hybridized carbons (Fsp3) is 0.250. The van der Waals surface area contributed by atoms with Crippen molar-refractivity contribution >= 4 is 15.7 Å². The Labute approximate surface area is 163 Å². The number of aryl methyl sites for hydroxylation is 2. The van der Waals surface area contributed by atoms with E-state index in [0.717, 1.165) is 11.1 Å². The standard InChI is InChI=1S/C20H21N3O4S/c1-15-7-9-17(10-8-15)28(25,26)14-12-18-22-20(27-23-18)19(24)21-13-11-16-5-3-2-4-6-16/h2-10H,11-14H2,1H3,(H,21,24). The highest BCUT2D eigenvalue weighted by molar-refractivity contribution is 7.91. The summed E-state index contributed by atoms with van der Waals surface area (Å²) in [5.41, 5.74) is 2.09. The molecule has 0 bridgehead atoms. The molecule has 2 aromatic carbocycles. The van der Waals surface area contributed by atoms with E-state index in [9.17, 15) is 13.2 Å². The number of nitrogens with one attached hydrogen (secondary N) is 1. The third-order valence-corrected chi connectivity index (χ3v) is 5.91. The zero-order valence-corrected chi connectivity index (χ0v) is 16.3. The third-order valence-electron chi connectivity index (χ3n) is 4.18. The molecule has 0 fully saturated rings. The van der Waals surface area contributed by atoms with Crippen molar-refractivity contribution in [1.29, 1.82) is 0 Å². The number of sulfone groups is 1. The lowest BCUT2D eigenvalue weighted by Gasteiger charge is -2.03. The fourth-order valence-electron chi connectivity index (χ4n) is 2.58. The molecule has 1 N–H and O–H groups in total. The van der Waals surface area contributed by atoms with Crippen molar-refractivity contribution < 1.29 is 17.7 Å². The van der Waals surface area contributed by atoms with E-state index in [1.54, 1.807) is 24.3 Å². The average molecular weight is 399 g/mol. The van der Waals surface area contributed by atoms with Crippen molar-refractivity contribution in [2.45, 2.75) is 24.7 Å². The lowest BCUT2D eigenvalue weighted by atomic mass is 10.1. The van der Waals surface area contributed by atoms with Gasteiger partial charge in [0.05, 0.1) is 10.6 Å². The van der Waals surface area contributed by atoms with Crippen molar-refractivity contribution in [2.75, 3.05) is 12.3 Å². The van der Waals surface area contributed by atoms with Gasteiger partial charge in [-0.25, -0.2) is 8.42 Å². The van der Waals surface area contributed by atoms with Crippen LogP contribution < -0.4 is 5.32 Å². The molecule has 0 atom stereocenters. The smallest absolute Gasteiger partial charge is 0.315 e. The second-order valence-electron chi connectivity index (χ2n) is 6.39. The summed E-state index contributed by atoms with van der Waals surface area (Å²) in [6, 6.07) is 16.4. The van der Waals surface area contributed by atoms with E-state index in [1.807, 2.05) is 37.3 Å². The molecule has 0 saturated carbocycles. The zero-order chi connectivity index (χ0) is 20.0. The van der Waals surface area contributed by atoms with Crippen LogP contribution in [0.1, 0.15) is 27.6 Å². The number of hydrogen-bond donors (Lipinski definition) is 1. The van der Waals surface area contributed by atoms with E-state index in [2.05, 4.69) is 15.5 Å². The Balaban J connectivity index is 1.52. The van der Waals surface area contributed by atoms with Gasteiger partial charge in [0, 0.05) is 13.0 Å². The van der Waals surface area contributed by atoms with Gasteiger partial charge in [-0.2, -0.15) is 4.98 Å². The monoisotopic (exact) mass is 399 g/mol. The van der Waals surface area contributed by atoms with Crippen LogP contribution in [0.5, 0.6) is 0 Å². The van der Waals surface area contributed by atoms with Gasteiger partial charge in [-0.05, 0) is 31.0 Å². The van der Waals surface area contributed by atoms with E-state index in [1.165, 1.54) is 0 Å². The molecule has 0 saturated heterocycles. The summed E-state index contributed by atoms with van der Waals surface area (Å²) in [6.07, 6.45) is 0.749. The minimum atomic E-state index is -3.45. The second-order valence-corrected chi connectivity index (χ2v) is 8.50. The van der Waals surface area contributed by atoms with Gasteiger partial charge in [0.2, 0.25) is 0 Å². The molecule has 0 radical (unpaired) electrons. The van der Waals surface area contributed by atoms with Crippen LogP contribution in [0.25, 0.3) is 0 Å². The summed E-state index contributed by atoms with van der Waals surface area (Å²) >= 11 is 0. The summed E-state index contributed by atoms with van der Waals surface area (Å²) in [5.74, 6) is -0.624. The quantitative estimate of drug-likeness (QED) is 0.624. The lowest BCUT2D eigenvalue weighted by molar-refractivity contribution is 0.0910. The summed E-state index contributed by atoms with van der Waals surface area (Å²) in [7, 11) is -3.45. The van der Waals surface area contributed by atoms with Crippen LogP contribution in [0, 0.1) is 6.92 Å². The first-order chi connectivity index (χ1) is 13.4. The fourth-order valence-corrected chi connectivity index (χ4v) is 3.82. The van der Waals surface area contributed by atoms with Crippen LogP contribution in [-0.2, 0) is 22.7 Å². The van der Waals surface area contributed by atoms with Crippen molar-refractivity contribution in [1.82, 2.24) is 15.5 Å². The van der Waals surface area contributed by atoms with E-state index >= 15 is 0 Å². The number of nitrogens with zero attached hydrogens (tertiary/aromatic N) is 2. The molecule has 0 aliphatic rings. The number of carbonyl (C=O) groups excluding carboxylic acids is 1. The van der Waals surface area contributed by atoms with Crippen molar-refractivity contribution in [3.05, 3.63) is 77.4 Å². The van der Waals surface area contributed by atoms with Gasteiger partial charge in [-0.15, -0.1) is 0 Å². The van der Waals surface area contributed by atoms with Crippen molar-refractivity contribution in [2.24, 2.45) is 0 Å². The summed E-state index contributed by atoms with van der Waals surface area (Å²) in [6.45, 7) is 2.32. The van der Waals surface area contributed by atoms with E-state index in [0.29, 0.717) is 13.0 Å². The number of aromatic nitrogens is 2. The van der Waals surface area contributed by atoms with Crippen LogP contribution in [0.3, 0.4) is 0 Å². The molecule has 28 heavy (non-hydrogen) atoms. The molecule has 1 heterocycles. The molecule has 0 aliphatic carbocycles. The topological polar surface area (TPSA) is 102 Å². The maximum Gasteiger partial charge on any atom is 0.315 e. The number of carbonyl (C=O) groups is 1. The molecule has 7 nitrogen and oxygen atoms in total. The Morgan fingerprint density at radius 2 is 1.75 bits per heavy atom. The normalized spacial score (nSPS) is 11.3. The molecule has 8 heteroatoms. The van der Waals surface area contributed by atoms with Crippen LogP contribution in [0.2, 0.25) is 0 Å². The first-order valence-corrected chi connectivity index (χ1v) is 10.5. The molecule has 0 aliphatic heterocycles. The van der Waals surface area contributed by atoms with Crippen molar-refractivity contribution in [3.8, 4) is 0 Å². The van der Waals surface area contributed by atoms with Crippen LogP contribution >= 0.6 is 0 Å². The molecule has 1 aromatic heterocycles. The van der Waals surface area contributed by atoms with Gasteiger partial charge >= 0.3 is 11.8 Å². The Kier molecular flexibility index (Phi) is 6.20. The van der Waals surface area contributed by atoms with Gasteiger partial charge in [0.25, 0.3) is 0 Å². The number of hydrogen-bond acceptors (Lipinski definition) is 6. The third kappa shape index (κ3) is 5.26. The number of amides is 1. The van der Waals surface area contributed by atoms with Gasteiger partial charge in [0.15, 0.2) is 15.7 Å². The molecule has 3 rings (SSSR count). The highest BCUT2D eigenvalue weighted by atomic mass is 32.2. The van der Waals surface area contributed by atoms with Crippen molar-refractivity contribution in [3.63, 3.8) is 0 Å². The second kappa shape index (κ2) is 8.79. The maximum absolute atomic E-state index is 12.4. The van der Waals surface area contributed by atoms with E-state index < -0.39 is 15.7 Å². The van der Waals surface area contributed by atoms with Crippen LogP contribution in [-0.4, -0.2) is 36.8 Å². The molecule has 0 spiro atoms. The molecule has 0 unspecified atom stereocenters. The number of rotatable bonds is 8. The highest BCUT2D eigenvalue weighted by Gasteiger charge is 2.19. The van der Waals surface area contributed by atoms with Crippen LogP contribution in [0.15, 0.2) is 64.0 Å². The first kappa shape index (κ1) is 19.8. The number of benzene rings is 2. The predicted octanol–water partition coefficient (Wildman–Crippen LogP) is 2.37. The van der Waals surface area contributed by atoms with Gasteiger partial charge in [-0.3, -0.25) is 4.79 Å². The SMILES string of the molecule is Cc1ccc(S(=O)(=O)CCc2noc(C(=O)NCCc3ccccc3)n2)cc1. The Bertz CT molecular complexity index is 1030.